The van der Waals surface area contributed by atoms with Gasteiger partial charge in [-0.2, -0.15) is 0 Å². The van der Waals surface area contributed by atoms with Gasteiger partial charge in [-0.05, 0) is 6.42 Å². The van der Waals surface area contributed by atoms with E-state index in [1.165, 1.54) is 6.92 Å². The summed E-state index contributed by atoms with van der Waals surface area (Å²) in [4.78, 5) is 8.36. The van der Waals surface area contributed by atoms with Crippen molar-refractivity contribution >= 4 is 6.47 Å². The van der Waals surface area contributed by atoms with Gasteiger partial charge in [0.2, 0.25) is 0 Å². The number of carbonyl (C=O) groups is 1. The third kappa shape index (κ3) is 9.31. The number of rotatable bonds is 2. The third-order valence-corrected chi connectivity index (χ3v) is 0.834. The standard InChI is InChI=1S/C4H10O4.CH2O2/c1-2-3(5)4(6,7)8;2-1-3/h3,5-8H,2H2,1H3;1H,(H,2,3). The fourth-order valence-electron chi connectivity index (χ4n) is 0.274. The molecule has 5 N–H and O–H groups in total. The van der Waals surface area contributed by atoms with E-state index in [-0.39, 0.29) is 12.9 Å². The molecule has 0 bridgehead atoms. The molecule has 0 rings (SSSR count). The second-order valence-corrected chi connectivity index (χ2v) is 1.72. The van der Waals surface area contributed by atoms with Crippen LogP contribution in [0.25, 0.3) is 0 Å². The molecule has 0 aromatic rings. The van der Waals surface area contributed by atoms with E-state index >= 15 is 0 Å². The number of aliphatic hydroxyl groups excluding tert-OH is 1. The van der Waals surface area contributed by atoms with Crippen LogP contribution >= 0.6 is 0 Å². The van der Waals surface area contributed by atoms with Gasteiger partial charge < -0.3 is 25.5 Å². The van der Waals surface area contributed by atoms with Gasteiger partial charge in [-0.15, -0.1) is 0 Å². The monoisotopic (exact) mass is 168 g/mol. The summed E-state index contributed by atoms with van der Waals surface area (Å²) in [5.41, 5.74) is 0. The fourth-order valence-corrected chi connectivity index (χ4v) is 0.274. The normalized spacial score (nSPS) is 12.8. The average Bonchev–Trinajstić information content (AvgIpc) is 1.86. The maximum Gasteiger partial charge on any atom is 0.302 e. The molecule has 0 fully saturated rings. The molecule has 0 heterocycles. The van der Waals surface area contributed by atoms with E-state index in [4.69, 9.17) is 30.3 Å². The van der Waals surface area contributed by atoms with Crippen LogP contribution in [0.4, 0.5) is 0 Å². The molecule has 0 aliphatic carbocycles. The summed E-state index contributed by atoms with van der Waals surface area (Å²) in [7, 11) is 0. The molecule has 6 nitrogen and oxygen atoms in total. The molecule has 1 atom stereocenters. The van der Waals surface area contributed by atoms with Crippen LogP contribution in [-0.4, -0.2) is 44.1 Å². The summed E-state index contributed by atoms with van der Waals surface area (Å²) in [5.74, 6) is -2.94. The summed E-state index contributed by atoms with van der Waals surface area (Å²) < 4.78 is 0. The van der Waals surface area contributed by atoms with E-state index in [0.717, 1.165) is 0 Å². The van der Waals surface area contributed by atoms with Crippen molar-refractivity contribution in [1.82, 2.24) is 0 Å². The van der Waals surface area contributed by atoms with E-state index in [9.17, 15) is 0 Å². The molecule has 0 aliphatic heterocycles. The smallest absolute Gasteiger partial charge is 0.302 e. The molecular weight excluding hydrogens is 156 g/mol. The topological polar surface area (TPSA) is 118 Å². The Bertz CT molecular complexity index is 95.6. The zero-order valence-corrected chi connectivity index (χ0v) is 6.01. The predicted octanol–water partition coefficient (Wildman–Crippen LogP) is -1.91. The van der Waals surface area contributed by atoms with Gasteiger partial charge in [0.25, 0.3) is 6.47 Å². The van der Waals surface area contributed by atoms with Gasteiger partial charge >= 0.3 is 5.97 Å². The van der Waals surface area contributed by atoms with Crippen LogP contribution in [0.3, 0.4) is 0 Å². The fraction of sp³-hybridized carbons (Fsp3) is 0.800. The quantitative estimate of drug-likeness (QED) is 0.242. The first-order chi connectivity index (χ1) is 4.90. The molecule has 6 heteroatoms. The summed E-state index contributed by atoms with van der Waals surface area (Å²) in [5, 5.41) is 39.8. The van der Waals surface area contributed by atoms with Crippen LogP contribution in [0, 0.1) is 0 Å². The molecular formula is C5H12O6. The molecule has 0 aromatic carbocycles. The number of carboxylic acid groups (broad SMARTS) is 1. The van der Waals surface area contributed by atoms with Gasteiger partial charge in [0.05, 0.1) is 0 Å². The number of hydrogen-bond acceptors (Lipinski definition) is 5. The highest BCUT2D eigenvalue weighted by Gasteiger charge is 2.27. The largest absolute Gasteiger partial charge is 0.483 e. The Morgan fingerprint density at radius 1 is 1.45 bits per heavy atom. The number of hydrogen-bond donors (Lipinski definition) is 5. The first-order valence-electron chi connectivity index (χ1n) is 2.83. The first-order valence-corrected chi connectivity index (χ1v) is 2.83. The van der Waals surface area contributed by atoms with Crippen LogP contribution in [0.15, 0.2) is 0 Å². The number of aliphatic hydroxyl groups is 4. The van der Waals surface area contributed by atoms with Gasteiger partial charge in [-0.1, -0.05) is 6.92 Å². The molecule has 68 valence electrons. The highest BCUT2D eigenvalue weighted by molar-refractivity contribution is 5.32. The molecule has 0 aliphatic rings. The minimum atomic E-state index is -2.94. The van der Waals surface area contributed by atoms with Gasteiger partial charge in [-0.3, -0.25) is 4.79 Å². The van der Waals surface area contributed by atoms with Crippen LogP contribution in [-0.2, 0) is 4.79 Å². The summed E-state index contributed by atoms with van der Waals surface area (Å²) in [6, 6.07) is 0. The predicted molar refractivity (Wildman–Crippen MR) is 34.4 cm³/mol. The Labute approximate surface area is 63.3 Å². The summed E-state index contributed by atoms with van der Waals surface area (Å²) in [6.45, 7) is 1.27. The molecule has 0 spiro atoms. The maximum atomic E-state index is 8.44. The van der Waals surface area contributed by atoms with E-state index < -0.39 is 12.1 Å². The van der Waals surface area contributed by atoms with E-state index in [0.29, 0.717) is 0 Å². The van der Waals surface area contributed by atoms with Crippen molar-refractivity contribution in [2.24, 2.45) is 0 Å². The molecule has 0 aromatic heterocycles. The molecule has 0 radical (unpaired) electrons. The lowest BCUT2D eigenvalue weighted by Gasteiger charge is -2.18. The molecule has 0 saturated carbocycles. The lowest BCUT2D eigenvalue weighted by Crippen LogP contribution is -2.41. The summed E-state index contributed by atoms with van der Waals surface area (Å²) in [6.07, 6.45) is -1.38. The Kier molecular flexibility index (Phi) is 7.12. The van der Waals surface area contributed by atoms with Crippen LogP contribution < -0.4 is 0 Å². The van der Waals surface area contributed by atoms with Gasteiger partial charge in [0, 0.05) is 0 Å². The minimum Gasteiger partial charge on any atom is -0.483 e. The van der Waals surface area contributed by atoms with Gasteiger partial charge in [-0.25, -0.2) is 0 Å². The van der Waals surface area contributed by atoms with Gasteiger partial charge in [0.15, 0.2) is 0 Å². The lowest BCUT2D eigenvalue weighted by atomic mass is 10.2. The van der Waals surface area contributed by atoms with E-state index in [1.54, 1.807) is 0 Å². The highest BCUT2D eigenvalue weighted by atomic mass is 16.7. The van der Waals surface area contributed by atoms with Gasteiger partial charge in [0.1, 0.15) is 6.10 Å². The SMILES string of the molecule is CCC(O)C(O)(O)O.O=CO. The van der Waals surface area contributed by atoms with E-state index in [1.807, 2.05) is 0 Å². The Morgan fingerprint density at radius 3 is 1.73 bits per heavy atom. The Hall–Kier alpha value is -0.690. The Balaban J connectivity index is 0. The van der Waals surface area contributed by atoms with E-state index in [2.05, 4.69) is 0 Å². The molecule has 1 unspecified atom stereocenters. The first kappa shape index (κ1) is 12.9. The highest BCUT2D eigenvalue weighted by Crippen LogP contribution is 2.03. The maximum absolute atomic E-state index is 8.44. The minimum absolute atomic E-state index is 0.101. The van der Waals surface area contributed by atoms with Crippen molar-refractivity contribution in [3.05, 3.63) is 0 Å². The van der Waals surface area contributed by atoms with Crippen molar-refractivity contribution in [1.29, 1.82) is 0 Å². The molecule has 0 saturated heterocycles. The molecule has 11 heavy (non-hydrogen) atoms. The second kappa shape index (κ2) is 6.05. The third-order valence-electron chi connectivity index (χ3n) is 0.834. The van der Waals surface area contributed by atoms with Crippen molar-refractivity contribution in [3.63, 3.8) is 0 Å². The van der Waals surface area contributed by atoms with Crippen molar-refractivity contribution in [2.45, 2.75) is 25.4 Å². The van der Waals surface area contributed by atoms with Crippen LogP contribution in [0.1, 0.15) is 13.3 Å². The van der Waals surface area contributed by atoms with Crippen LogP contribution in [0.2, 0.25) is 0 Å². The average molecular weight is 168 g/mol. The Morgan fingerprint density at radius 2 is 1.73 bits per heavy atom. The second-order valence-electron chi connectivity index (χ2n) is 1.72. The zero-order valence-electron chi connectivity index (χ0n) is 6.01. The zero-order chi connectivity index (χ0) is 9.49. The summed E-state index contributed by atoms with van der Waals surface area (Å²) >= 11 is 0. The van der Waals surface area contributed by atoms with Crippen molar-refractivity contribution in [3.8, 4) is 0 Å². The van der Waals surface area contributed by atoms with Crippen LogP contribution in [0.5, 0.6) is 0 Å². The lowest BCUT2D eigenvalue weighted by molar-refractivity contribution is -0.354. The van der Waals surface area contributed by atoms with Crippen molar-refractivity contribution in [2.75, 3.05) is 0 Å². The molecule has 0 amide bonds. The van der Waals surface area contributed by atoms with Crippen molar-refractivity contribution < 1.29 is 30.3 Å².